The fourth-order valence-electron chi connectivity index (χ4n) is 2.67. The molecule has 2 rings (SSSR count). The van der Waals surface area contributed by atoms with Gasteiger partial charge in [0.05, 0.1) is 12.7 Å². The van der Waals surface area contributed by atoms with Gasteiger partial charge in [0.15, 0.2) is 0 Å². The van der Waals surface area contributed by atoms with E-state index in [0.717, 1.165) is 13.2 Å². The fraction of sp³-hybridized carbons (Fsp3) is 0.600. The molecule has 1 aliphatic rings. The maximum absolute atomic E-state index is 6.02. The Morgan fingerprint density at radius 1 is 1.18 bits per heavy atom. The van der Waals surface area contributed by atoms with Crippen LogP contribution in [0, 0.1) is 20.8 Å². The van der Waals surface area contributed by atoms with Gasteiger partial charge in [0, 0.05) is 12.1 Å². The van der Waals surface area contributed by atoms with Crippen molar-refractivity contribution in [2.75, 3.05) is 13.2 Å². The zero-order chi connectivity index (χ0) is 12.6. The topological polar surface area (TPSA) is 21.3 Å². The molecule has 0 amide bonds. The smallest absolute Gasteiger partial charge is 0.0955 e. The van der Waals surface area contributed by atoms with Gasteiger partial charge < -0.3 is 10.1 Å². The lowest BCUT2D eigenvalue weighted by Crippen LogP contribution is -2.50. The average Bonchev–Trinajstić information content (AvgIpc) is 2.19. The molecule has 1 aromatic rings. The third-order valence-corrected chi connectivity index (χ3v) is 3.47. The number of aryl methyl sites for hydroxylation is 3. The van der Waals surface area contributed by atoms with Gasteiger partial charge in [-0.05, 0) is 51.3 Å². The van der Waals surface area contributed by atoms with Gasteiger partial charge in [0.1, 0.15) is 0 Å². The van der Waals surface area contributed by atoms with Gasteiger partial charge >= 0.3 is 0 Å². The monoisotopic (exact) mass is 233 g/mol. The third kappa shape index (κ3) is 2.70. The number of ether oxygens (including phenoxy) is 1. The average molecular weight is 233 g/mol. The summed E-state index contributed by atoms with van der Waals surface area (Å²) in [5.41, 5.74) is 5.47. The molecule has 1 aliphatic heterocycles. The van der Waals surface area contributed by atoms with Gasteiger partial charge in [0.2, 0.25) is 0 Å². The van der Waals surface area contributed by atoms with Crippen molar-refractivity contribution < 1.29 is 4.74 Å². The minimum absolute atomic E-state index is 0.100. The van der Waals surface area contributed by atoms with E-state index >= 15 is 0 Å². The van der Waals surface area contributed by atoms with Crippen molar-refractivity contribution in [2.45, 2.75) is 46.3 Å². The highest BCUT2D eigenvalue weighted by Gasteiger charge is 2.29. The summed E-state index contributed by atoms with van der Waals surface area (Å²) in [7, 11) is 0. The normalized spacial score (nSPS) is 23.7. The zero-order valence-electron chi connectivity index (χ0n) is 11.6. The van der Waals surface area contributed by atoms with E-state index in [4.69, 9.17) is 4.74 Å². The maximum Gasteiger partial charge on any atom is 0.0955 e. The second-order valence-electron chi connectivity index (χ2n) is 5.88. The number of hydrogen-bond acceptors (Lipinski definition) is 2. The maximum atomic E-state index is 6.02. The molecule has 2 nitrogen and oxygen atoms in total. The molecule has 0 aromatic heterocycles. The largest absolute Gasteiger partial charge is 0.370 e. The number of rotatable bonds is 1. The molecule has 1 atom stereocenters. The molecule has 94 valence electrons. The predicted molar refractivity (Wildman–Crippen MR) is 71.4 cm³/mol. The Balaban J connectivity index is 2.24. The number of hydrogen-bond donors (Lipinski definition) is 1. The summed E-state index contributed by atoms with van der Waals surface area (Å²) in [6, 6.07) is 4.48. The molecule has 17 heavy (non-hydrogen) atoms. The van der Waals surface area contributed by atoms with Crippen LogP contribution >= 0.6 is 0 Å². The molecule has 0 aliphatic carbocycles. The van der Waals surface area contributed by atoms with Crippen molar-refractivity contribution in [1.29, 1.82) is 0 Å². The van der Waals surface area contributed by atoms with Gasteiger partial charge in [-0.1, -0.05) is 17.7 Å². The van der Waals surface area contributed by atoms with Crippen LogP contribution in [0.3, 0.4) is 0 Å². The minimum Gasteiger partial charge on any atom is -0.370 e. The second kappa shape index (κ2) is 4.43. The molecule has 1 fully saturated rings. The van der Waals surface area contributed by atoms with Gasteiger partial charge in [0.25, 0.3) is 0 Å². The van der Waals surface area contributed by atoms with Crippen molar-refractivity contribution >= 4 is 0 Å². The second-order valence-corrected chi connectivity index (χ2v) is 5.88. The highest BCUT2D eigenvalue weighted by Crippen LogP contribution is 2.29. The number of nitrogens with one attached hydrogen (secondary N) is 1. The van der Waals surface area contributed by atoms with Gasteiger partial charge in [-0.3, -0.25) is 0 Å². The molecule has 0 saturated carbocycles. The molecule has 1 unspecified atom stereocenters. The van der Waals surface area contributed by atoms with Crippen LogP contribution in [0.4, 0.5) is 0 Å². The summed E-state index contributed by atoms with van der Waals surface area (Å²) < 4.78 is 6.02. The summed E-state index contributed by atoms with van der Waals surface area (Å²) in [6.07, 6.45) is 0.198. The molecular formula is C15H23NO. The third-order valence-electron chi connectivity index (χ3n) is 3.47. The van der Waals surface area contributed by atoms with E-state index in [0.29, 0.717) is 0 Å². The molecule has 0 bridgehead atoms. The predicted octanol–water partition coefficient (Wildman–Crippen LogP) is 3.05. The Hall–Kier alpha value is -0.860. The molecule has 1 saturated heterocycles. The van der Waals surface area contributed by atoms with Crippen LogP contribution in [0.5, 0.6) is 0 Å². The Morgan fingerprint density at radius 2 is 1.76 bits per heavy atom. The van der Waals surface area contributed by atoms with Crippen molar-refractivity contribution in [3.63, 3.8) is 0 Å². The van der Waals surface area contributed by atoms with Crippen LogP contribution in [-0.4, -0.2) is 18.7 Å². The highest BCUT2D eigenvalue weighted by atomic mass is 16.5. The molecule has 1 N–H and O–H groups in total. The number of morpholine rings is 1. The highest BCUT2D eigenvalue weighted by molar-refractivity contribution is 5.39. The standard InChI is InChI=1S/C15H23NO/c1-10-6-11(2)14(12(3)7-10)13-8-16-15(4,5)9-17-13/h6-7,13,16H,8-9H2,1-5H3. The molecule has 0 radical (unpaired) electrons. The summed E-state index contributed by atoms with van der Waals surface area (Å²) in [5, 5.41) is 3.55. The van der Waals surface area contributed by atoms with Crippen molar-refractivity contribution in [2.24, 2.45) is 0 Å². The van der Waals surface area contributed by atoms with Crippen LogP contribution in [0.2, 0.25) is 0 Å². The van der Waals surface area contributed by atoms with E-state index in [1.807, 2.05) is 0 Å². The minimum atomic E-state index is 0.100. The fourth-order valence-corrected chi connectivity index (χ4v) is 2.67. The molecular weight excluding hydrogens is 210 g/mol. The quantitative estimate of drug-likeness (QED) is 0.805. The molecule has 0 spiro atoms. The van der Waals surface area contributed by atoms with Crippen molar-refractivity contribution in [3.05, 3.63) is 34.4 Å². The van der Waals surface area contributed by atoms with E-state index in [1.54, 1.807) is 0 Å². The summed E-state index contributed by atoms with van der Waals surface area (Å²) in [6.45, 7) is 12.5. The van der Waals surface area contributed by atoms with E-state index in [1.165, 1.54) is 22.3 Å². The SMILES string of the molecule is Cc1cc(C)c(C2CNC(C)(C)CO2)c(C)c1. The lowest BCUT2D eigenvalue weighted by molar-refractivity contribution is -0.0234. The van der Waals surface area contributed by atoms with Crippen LogP contribution in [0.15, 0.2) is 12.1 Å². The first-order valence-corrected chi connectivity index (χ1v) is 6.33. The zero-order valence-corrected chi connectivity index (χ0v) is 11.6. The van der Waals surface area contributed by atoms with Crippen LogP contribution in [-0.2, 0) is 4.74 Å². The first-order chi connectivity index (χ1) is 7.89. The molecule has 1 aromatic carbocycles. The lowest BCUT2D eigenvalue weighted by Gasteiger charge is -2.37. The van der Waals surface area contributed by atoms with E-state index in [2.05, 4.69) is 52.1 Å². The summed E-state index contributed by atoms with van der Waals surface area (Å²) in [5.74, 6) is 0. The van der Waals surface area contributed by atoms with Gasteiger partial charge in [-0.15, -0.1) is 0 Å². The first-order valence-electron chi connectivity index (χ1n) is 6.33. The summed E-state index contributed by atoms with van der Waals surface area (Å²) in [4.78, 5) is 0. The van der Waals surface area contributed by atoms with Crippen LogP contribution in [0.25, 0.3) is 0 Å². The lowest BCUT2D eigenvalue weighted by atomic mass is 9.93. The Morgan fingerprint density at radius 3 is 2.24 bits per heavy atom. The van der Waals surface area contributed by atoms with Crippen molar-refractivity contribution in [1.82, 2.24) is 5.32 Å². The Kier molecular flexibility index (Phi) is 3.28. The Labute approximate surface area is 104 Å². The van der Waals surface area contributed by atoms with Gasteiger partial charge in [-0.25, -0.2) is 0 Å². The van der Waals surface area contributed by atoms with E-state index < -0.39 is 0 Å². The van der Waals surface area contributed by atoms with Gasteiger partial charge in [-0.2, -0.15) is 0 Å². The van der Waals surface area contributed by atoms with Crippen LogP contribution in [0.1, 0.15) is 42.2 Å². The first kappa shape index (κ1) is 12.6. The van der Waals surface area contributed by atoms with Crippen LogP contribution < -0.4 is 5.32 Å². The summed E-state index contributed by atoms with van der Waals surface area (Å²) >= 11 is 0. The molecule has 2 heteroatoms. The Bertz CT molecular complexity index is 390. The van der Waals surface area contributed by atoms with E-state index in [-0.39, 0.29) is 11.6 Å². The van der Waals surface area contributed by atoms with E-state index in [9.17, 15) is 0 Å². The molecule has 1 heterocycles. The van der Waals surface area contributed by atoms with Crippen molar-refractivity contribution in [3.8, 4) is 0 Å². The number of benzene rings is 1.